The molecular formula is C14H19N3. The van der Waals surface area contributed by atoms with Crippen molar-refractivity contribution in [3.05, 3.63) is 29.3 Å². The highest BCUT2D eigenvalue weighted by Gasteiger charge is 2.26. The number of hydrogen-bond donors (Lipinski definition) is 2. The van der Waals surface area contributed by atoms with Gasteiger partial charge < -0.3 is 10.6 Å². The molecule has 0 unspecified atom stereocenters. The number of hydrogen-bond acceptors (Lipinski definition) is 3. The lowest BCUT2D eigenvalue weighted by atomic mass is 9.90. The second-order valence-corrected chi connectivity index (χ2v) is 5.10. The third kappa shape index (κ3) is 2.78. The van der Waals surface area contributed by atoms with E-state index < -0.39 is 0 Å². The van der Waals surface area contributed by atoms with Crippen molar-refractivity contribution in [1.29, 1.82) is 5.26 Å². The van der Waals surface area contributed by atoms with Gasteiger partial charge in [0.25, 0.3) is 0 Å². The molecule has 17 heavy (non-hydrogen) atoms. The number of nitriles is 1. The van der Waals surface area contributed by atoms with Gasteiger partial charge in [0.2, 0.25) is 0 Å². The van der Waals surface area contributed by atoms with Crippen molar-refractivity contribution in [3.8, 4) is 6.07 Å². The van der Waals surface area contributed by atoms with Gasteiger partial charge in [-0.3, -0.25) is 0 Å². The van der Waals surface area contributed by atoms with Crippen LogP contribution in [0, 0.1) is 18.3 Å². The van der Waals surface area contributed by atoms with Gasteiger partial charge in [0.15, 0.2) is 0 Å². The highest BCUT2D eigenvalue weighted by molar-refractivity contribution is 5.59. The smallest absolute Gasteiger partial charge is 0.101 e. The predicted molar refractivity (Wildman–Crippen MR) is 70.0 cm³/mol. The lowest BCUT2D eigenvalue weighted by Gasteiger charge is -2.36. The van der Waals surface area contributed by atoms with E-state index >= 15 is 0 Å². The van der Waals surface area contributed by atoms with Crippen LogP contribution in [0.3, 0.4) is 0 Å². The van der Waals surface area contributed by atoms with Crippen LogP contribution in [0.5, 0.6) is 0 Å². The van der Waals surface area contributed by atoms with E-state index in [2.05, 4.69) is 23.6 Å². The van der Waals surface area contributed by atoms with Gasteiger partial charge in [-0.05, 0) is 57.5 Å². The molecule has 3 heteroatoms. The average Bonchev–Trinajstić information content (AvgIpc) is 2.32. The predicted octanol–water partition coefficient (Wildman–Crippen LogP) is 2.42. The molecular weight excluding hydrogens is 210 g/mol. The second kappa shape index (κ2) is 4.77. The molecule has 1 saturated heterocycles. The van der Waals surface area contributed by atoms with E-state index in [0.29, 0.717) is 0 Å². The maximum atomic E-state index is 9.15. The van der Waals surface area contributed by atoms with Crippen molar-refractivity contribution < 1.29 is 0 Å². The fourth-order valence-electron chi connectivity index (χ4n) is 2.29. The summed E-state index contributed by atoms with van der Waals surface area (Å²) in [6, 6.07) is 8.27. The molecule has 1 aliphatic heterocycles. The van der Waals surface area contributed by atoms with Crippen LogP contribution in [0.1, 0.15) is 30.9 Å². The van der Waals surface area contributed by atoms with Crippen molar-refractivity contribution in [2.45, 2.75) is 32.2 Å². The molecule has 0 aromatic heterocycles. The molecule has 1 aromatic carbocycles. The minimum Gasteiger partial charge on any atom is -0.379 e. The molecule has 0 amide bonds. The molecule has 0 bridgehead atoms. The van der Waals surface area contributed by atoms with E-state index in [1.54, 1.807) is 0 Å². The van der Waals surface area contributed by atoms with Crippen LogP contribution in [0.2, 0.25) is 0 Å². The zero-order valence-corrected chi connectivity index (χ0v) is 10.5. The summed E-state index contributed by atoms with van der Waals surface area (Å²) in [5.74, 6) is 0. The Bertz CT molecular complexity index is 439. The normalized spacial score (nSPS) is 18.4. The van der Waals surface area contributed by atoms with Crippen molar-refractivity contribution in [1.82, 2.24) is 5.32 Å². The van der Waals surface area contributed by atoms with Crippen LogP contribution in [0.25, 0.3) is 0 Å². The summed E-state index contributed by atoms with van der Waals surface area (Å²) in [7, 11) is 0. The van der Waals surface area contributed by atoms with Gasteiger partial charge in [0.05, 0.1) is 11.3 Å². The van der Waals surface area contributed by atoms with E-state index in [1.165, 1.54) is 0 Å². The number of nitrogens with one attached hydrogen (secondary N) is 2. The third-order valence-corrected chi connectivity index (χ3v) is 3.44. The fourth-order valence-corrected chi connectivity index (χ4v) is 2.29. The third-order valence-electron chi connectivity index (χ3n) is 3.44. The second-order valence-electron chi connectivity index (χ2n) is 5.10. The first-order valence-electron chi connectivity index (χ1n) is 6.13. The molecule has 1 fully saturated rings. The van der Waals surface area contributed by atoms with E-state index in [-0.39, 0.29) is 5.54 Å². The first-order valence-corrected chi connectivity index (χ1v) is 6.13. The van der Waals surface area contributed by atoms with Crippen molar-refractivity contribution in [3.63, 3.8) is 0 Å². The first-order chi connectivity index (χ1) is 8.13. The van der Waals surface area contributed by atoms with Crippen LogP contribution in [-0.2, 0) is 0 Å². The van der Waals surface area contributed by atoms with E-state index in [1.807, 2.05) is 25.1 Å². The molecule has 1 aliphatic rings. The summed E-state index contributed by atoms with van der Waals surface area (Å²) in [5.41, 5.74) is 2.93. The monoisotopic (exact) mass is 229 g/mol. The number of rotatable bonds is 2. The molecule has 3 nitrogen and oxygen atoms in total. The molecule has 1 heterocycles. The highest BCUT2D eigenvalue weighted by atomic mass is 15.0. The fraction of sp³-hybridized carbons (Fsp3) is 0.500. The van der Waals surface area contributed by atoms with Gasteiger partial charge in [-0.1, -0.05) is 6.07 Å². The van der Waals surface area contributed by atoms with Gasteiger partial charge >= 0.3 is 0 Å². The number of piperidine rings is 1. The quantitative estimate of drug-likeness (QED) is 0.818. The average molecular weight is 229 g/mol. The summed E-state index contributed by atoms with van der Waals surface area (Å²) < 4.78 is 0. The lowest BCUT2D eigenvalue weighted by molar-refractivity contribution is 0.365. The maximum absolute atomic E-state index is 9.15. The van der Waals surface area contributed by atoms with Crippen LogP contribution in [0.15, 0.2) is 18.2 Å². The Morgan fingerprint density at radius 3 is 2.71 bits per heavy atom. The lowest BCUT2D eigenvalue weighted by Crippen LogP contribution is -2.45. The van der Waals surface area contributed by atoms with Crippen LogP contribution in [-0.4, -0.2) is 18.6 Å². The maximum Gasteiger partial charge on any atom is 0.101 e. The van der Waals surface area contributed by atoms with Crippen LogP contribution < -0.4 is 10.6 Å². The molecule has 0 saturated carbocycles. The standard InChI is InChI=1S/C14H19N3/c1-11-3-4-13(12(9-11)10-15)17-14(2)5-7-16-8-6-14/h3-4,9,16-17H,5-8H2,1-2H3. The van der Waals surface area contributed by atoms with E-state index in [0.717, 1.165) is 42.7 Å². The van der Waals surface area contributed by atoms with Crippen LogP contribution >= 0.6 is 0 Å². The van der Waals surface area contributed by atoms with Gasteiger partial charge in [0, 0.05) is 5.54 Å². The summed E-state index contributed by atoms with van der Waals surface area (Å²) in [4.78, 5) is 0. The summed E-state index contributed by atoms with van der Waals surface area (Å²) in [6.07, 6.45) is 2.18. The molecule has 2 N–H and O–H groups in total. The minimum atomic E-state index is 0.103. The Morgan fingerprint density at radius 1 is 1.35 bits per heavy atom. The van der Waals surface area contributed by atoms with Crippen molar-refractivity contribution in [2.24, 2.45) is 0 Å². The van der Waals surface area contributed by atoms with Crippen molar-refractivity contribution in [2.75, 3.05) is 18.4 Å². The highest BCUT2D eigenvalue weighted by Crippen LogP contribution is 2.26. The molecule has 1 aromatic rings. The zero-order valence-electron chi connectivity index (χ0n) is 10.5. The van der Waals surface area contributed by atoms with Gasteiger partial charge in [-0.2, -0.15) is 5.26 Å². The number of benzene rings is 1. The summed E-state index contributed by atoms with van der Waals surface area (Å²) in [6.45, 7) is 6.32. The first kappa shape index (κ1) is 11.9. The number of nitrogens with zero attached hydrogens (tertiary/aromatic N) is 1. The van der Waals surface area contributed by atoms with E-state index in [4.69, 9.17) is 5.26 Å². The SMILES string of the molecule is Cc1ccc(NC2(C)CCNCC2)c(C#N)c1. The summed E-state index contributed by atoms with van der Waals surface area (Å²) >= 11 is 0. The molecule has 0 spiro atoms. The number of anilines is 1. The minimum absolute atomic E-state index is 0.103. The van der Waals surface area contributed by atoms with Crippen LogP contribution in [0.4, 0.5) is 5.69 Å². The topological polar surface area (TPSA) is 47.8 Å². The van der Waals surface area contributed by atoms with Gasteiger partial charge in [-0.25, -0.2) is 0 Å². The Balaban J connectivity index is 2.20. The Kier molecular flexibility index (Phi) is 3.35. The zero-order chi connectivity index (χ0) is 12.3. The Hall–Kier alpha value is -1.53. The van der Waals surface area contributed by atoms with Crippen molar-refractivity contribution >= 4 is 5.69 Å². The van der Waals surface area contributed by atoms with Gasteiger partial charge in [-0.15, -0.1) is 0 Å². The molecule has 0 radical (unpaired) electrons. The Morgan fingerprint density at radius 2 is 2.06 bits per heavy atom. The molecule has 2 rings (SSSR count). The summed E-state index contributed by atoms with van der Waals surface area (Å²) in [5, 5.41) is 16.1. The van der Waals surface area contributed by atoms with E-state index in [9.17, 15) is 0 Å². The Labute approximate surface area is 103 Å². The largest absolute Gasteiger partial charge is 0.379 e. The molecule has 0 atom stereocenters. The molecule has 90 valence electrons. The number of aryl methyl sites for hydroxylation is 1. The van der Waals surface area contributed by atoms with Gasteiger partial charge in [0.1, 0.15) is 6.07 Å². The molecule has 0 aliphatic carbocycles.